The molecule has 6 nitrogen and oxygen atoms in total. The molecule has 0 radical (unpaired) electrons. The van der Waals surface area contributed by atoms with Gasteiger partial charge in [0.2, 0.25) is 5.91 Å². The SMILES string of the molecule is COc1ccc(NC(=O)N2CCC[C@H](C(N)=O)C2)cc1. The normalized spacial score (nSPS) is 18.4. The van der Waals surface area contributed by atoms with Gasteiger partial charge in [-0.15, -0.1) is 0 Å². The van der Waals surface area contributed by atoms with Crippen molar-refractivity contribution >= 4 is 17.6 Å². The molecule has 2 rings (SSSR count). The van der Waals surface area contributed by atoms with Crippen molar-refractivity contribution in [2.75, 3.05) is 25.5 Å². The summed E-state index contributed by atoms with van der Waals surface area (Å²) in [5, 5.41) is 2.80. The molecule has 0 bridgehead atoms. The zero-order valence-corrected chi connectivity index (χ0v) is 11.5. The van der Waals surface area contributed by atoms with Crippen molar-refractivity contribution in [2.45, 2.75) is 12.8 Å². The van der Waals surface area contributed by atoms with Crippen LogP contribution in [0.3, 0.4) is 0 Å². The molecule has 1 heterocycles. The lowest BCUT2D eigenvalue weighted by Crippen LogP contribution is -2.45. The van der Waals surface area contributed by atoms with Crippen molar-refractivity contribution in [1.29, 1.82) is 0 Å². The summed E-state index contributed by atoms with van der Waals surface area (Å²) in [5.74, 6) is 0.145. The van der Waals surface area contributed by atoms with Gasteiger partial charge in [0.25, 0.3) is 0 Å². The lowest BCUT2D eigenvalue weighted by molar-refractivity contribution is -0.123. The fourth-order valence-electron chi connectivity index (χ4n) is 2.27. The van der Waals surface area contributed by atoms with Gasteiger partial charge >= 0.3 is 6.03 Å². The van der Waals surface area contributed by atoms with Gasteiger partial charge in [-0.3, -0.25) is 4.79 Å². The fourth-order valence-corrected chi connectivity index (χ4v) is 2.27. The van der Waals surface area contributed by atoms with Crippen molar-refractivity contribution < 1.29 is 14.3 Å². The molecule has 1 aliphatic heterocycles. The van der Waals surface area contributed by atoms with Gasteiger partial charge in [-0.25, -0.2) is 4.79 Å². The van der Waals surface area contributed by atoms with Gasteiger partial charge in [0, 0.05) is 18.8 Å². The molecule has 1 aromatic rings. The number of anilines is 1. The first-order chi connectivity index (χ1) is 9.60. The number of likely N-dealkylation sites (tertiary alicyclic amines) is 1. The van der Waals surface area contributed by atoms with Gasteiger partial charge in [-0.1, -0.05) is 0 Å². The van der Waals surface area contributed by atoms with Crippen LogP contribution in [0.1, 0.15) is 12.8 Å². The molecule has 6 heteroatoms. The number of carbonyl (C=O) groups is 2. The number of carbonyl (C=O) groups excluding carboxylic acids is 2. The van der Waals surface area contributed by atoms with Crippen LogP contribution in [0.4, 0.5) is 10.5 Å². The minimum Gasteiger partial charge on any atom is -0.497 e. The van der Waals surface area contributed by atoms with Crippen molar-refractivity contribution in [1.82, 2.24) is 4.90 Å². The summed E-state index contributed by atoms with van der Waals surface area (Å²) in [6.07, 6.45) is 1.55. The Morgan fingerprint density at radius 1 is 1.35 bits per heavy atom. The van der Waals surface area contributed by atoms with Crippen molar-refractivity contribution in [3.63, 3.8) is 0 Å². The topological polar surface area (TPSA) is 84.7 Å². The van der Waals surface area contributed by atoms with Crippen LogP contribution < -0.4 is 15.8 Å². The molecular weight excluding hydrogens is 258 g/mol. The Bertz CT molecular complexity index is 487. The standard InChI is InChI=1S/C14H19N3O3/c1-20-12-6-4-11(5-7-12)16-14(19)17-8-2-3-10(9-17)13(15)18/h4-7,10H,2-3,8-9H2,1H3,(H2,15,18)(H,16,19)/t10-/m0/s1. The van der Waals surface area contributed by atoms with E-state index < -0.39 is 0 Å². The van der Waals surface area contributed by atoms with E-state index in [9.17, 15) is 9.59 Å². The van der Waals surface area contributed by atoms with Crippen LogP contribution in [0.5, 0.6) is 5.75 Å². The number of hydrogen-bond donors (Lipinski definition) is 2. The highest BCUT2D eigenvalue weighted by Crippen LogP contribution is 2.19. The summed E-state index contributed by atoms with van der Waals surface area (Å²) in [4.78, 5) is 25.0. The van der Waals surface area contributed by atoms with E-state index in [4.69, 9.17) is 10.5 Å². The highest BCUT2D eigenvalue weighted by atomic mass is 16.5. The van der Waals surface area contributed by atoms with Gasteiger partial charge in [-0.2, -0.15) is 0 Å². The second-order valence-electron chi connectivity index (χ2n) is 4.85. The molecule has 0 unspecified atom stereocenters. The minimum absolute atomic E-state index is 0.207. The van der Waals surface area contributed by atoms with E-state index in [0.29, 0.717) is 18.8 Å². The number of hydrogen-bond acceptors (Lipinski definition) is 3. The molecule has 3 amide bonds. The summed E-state index contributed by atoms with van der Waals surface area (Å²) in [7, 11) is 1.59. The molecule has 1 aromatic carbocycles. The van der Waals surface area contributed by atoms with Crippen LogP contribution >= 0.6 is 0 Å². The Morgan fingerprint density at radius 2 is 2.05 bits per heavy atom. The monoisotopic (exact) mass is 277 g/mol. The third-order valence-corrected chi connectivity index (χ3v) is 3.45. The maximum atomic E-state index is 12.1. The number of piperidine rings is 1. The first-order valence-corrected chi connectivity index (χ1v) is 6.59. The Labute approximate surface area is 117 Å². The van der Waals surface area contributed by atoms with Crippen molar-refractivity contribution in [2.24, 2.45) is 11.7 Å². The number of amides is 3. The molecule has 3 N–H and O–H groups in total. The quantitative estimate of drug-likeness (QED) is 0.876. The van der Waals surface area contributed by atoms with Crippen LogP contribution in [0.15, 0.2) is 24.3 Å². The first kappa shape index (κ1) is 14.2. The maximum absolute atomic E-state index is 12.1. The van der Waals surface area contributed by atoms with E-state index in [1.807, 2.05) is 0 Å². The predicted molar refractivity (Wildman–Crippen MR) is 75.5 cm³/mol. The molecule has 1 fully saturated rings. The van der Waals surface area contributed by atoms with Crippen molar-refractivity contribution in [3.05, 3.63) is 24.3 Å². The van der Waals surface area contributed by atoms with Crippen LogP contribution in [-0.4, -0.2) is 37.0 Å². The number of nitrogens with two attached hydrogens (primary N) is 1. The molecule has 1 aliphatic rings. The number of methoxy groups -OCH3 is 1. The van der Waals surface area contributed by atoms with Crippen LogP contribution in [0, 0.1) is 5.92 Å². The zero-order chi connectivity index (χ0) is 14.5. The summed E-state index contributed by atoms with van der Waals surface area (Å²) in [5.41, 5.74) is 5.99. The largest absolute Gasteiger partial charge is 0.497 e. The van der Waals surface area contributed by atoms with E-state index >= 15 is 0 Å². The van der Waals surface area contributed by atoms with Crippen LogP contribution in [0.2, 0.25) is 0 Å². The summed E-state index contributed by atoms with van der Waals surface area (Å²) in [6.45, 7) is 1.03. The lowest BCUT2D eigenvalue weighted by Gasteiger charge is -2.31. The molecule has 0 aromatic heterocycles. The number of benzene rings is 1. The molecule has 0 spiro atoms. The Morgan fingerprint density at radius 3 is 2.65 bits per heavy atom. The lowest BCUT2D eigenvalue weighted by atomic mass is 9.98. The third-order valence-electron chi connectivity index (χ3n) is 3.45. The average molecular weight is 277 g/mol. The summed E-state index contributed by atoms with van der Waals surface area (Å²) >= 11 is 0. The van der Waals surface area contributed by atoms with Gasteiger partial charge in [-0.05, 0) is 37.1 Å². The molecule has 1 saturated heterocycles. The molecule has 1 atom stereocenters. The smallest absolute Gasteiger partial charge is 0.321 e. The number of nitrogens with zero attached hydrogens (tertiary/aromatic N) is 1. The average Bonchev–Trinajstić information content (AvgIpc) is 2.48. The Hall–Kier alpha value is -2.24. The van der Waals surface area contributed by atoms with Gasteiger partial charge in [0.15, 0.2) is 0 Å². The third kappa shape index (κ3) is 3.40. The molecule has 20 heavy (non-hydrogen) atoms. The Balaban J connectivity index is 1.95. The van der Waals surface area contributed by atoms with E-state index in [1.165, 1.54) is 0 Å². The number of primary amides is 1. The van der Waals surface area contributed by atoms with Crippen molar-refractivity contribution in [3.8, 4) is 5.75 Å². The molecule has 0 saturated carbocycles. The van der Waals surface area contributed by atoms with Gasteiger partial charge < -0.3 is 20.7 Å². The summed E-state index contributed by atoms with van der Waals surface area (Å²) in [6, 6.07) is 6.88. The number of rotatable bonds is 3. The van der Waals surface area contributed by atoms with E-state index in [1.54, 1.807) is 36.3 Å². The first-order valence-electron chi connectivity index (χ1n) is 6.59. The maximum Gasteiger partial charge on any atom is 0.321 e. The second kappa shape index (κ2) is 6.27. The zero-order valence-electron chi connectivity index (χ0n) is 11.5. The second-order valence-corrected chi connectivity index (χ2v) is 4.85. The van der Waals surface area contributed by atoms with E-state index in [-0.39, 0.29) is 17.9 Å². The molecule has 108 valence electrons. The van der Waals surface area contributed by atoms with E-state index in [0.717, 1.165) is 18.6 Å². The van der Waals surface area contributed by atoms with Crippen LogP contribution in [0.25, 0.3) is 0 Å². The van der Waals surface area contributed by atoms with E-state index in [2.05, 4.69) is 5.32 Å². The predicted octanol–water partition coefficient (Wildman–Crippen LogP) is 1.42. The van der Waals surface area contributed by atoms with Crippen LogP contribution in [-0.2, 0) is 4.79 Å². The fraction of sp³-hybridized carbons (Fsp3) is 0.429. The highest BCUT2D eigenvalue weighted by molar-refractivity contribution is 5.90. The number of urea groups is 1. The van der Waals surface area contributed by atoms with Gasteiger partial charge in [0.1, 0.15) is 5.75 Å². The molecular formula is C14H19N3O3. The molecule has 0 aliphatic carbocycles. The minimum atomic E-state index is -0.341. The Kier molecular flexibility index (Phi) is 4.45. The highest BCUT2D eigenvalue weighted by Gasteiger charge is 2.26. The van der Waals surface area contributed by atoms with Gasteiger partial charge in [0.05, 0.1) is 13.0 Å². The summed E-state index contributed by atoms with van der Waals surface area (Å²) < 4.78 is 5.06. The number of nitrogens with one attached hydrogen (secondary N) is 1. The number of ether oxygens (including phenoxy) is 1.